The van der Waals surface area contributed by atoms with Gasteiger partial charge in [-0.25, -0.2) is 4.79 Å². The molecule has 1 heterocycles. The third-order valence-corrected chi connectivity index (χ3v) is 5.15. The Kier molecular flexibility index (Phi) is 6.84. The van der Waals surface area contributed by atoms with Gasteiger partial charge in [-0.05, 0) is 38.5 Å². The number of urea groups is 1. The van der Waals surface area contributed by atoms with E-state index in [-0.39, 0.29) is 12.5 Å². The zero-order valence-electron chi connectivity index (χ0n) is 14.5. The van der Waals surface area contributed by atoms with Crippen LogP contribution in [0.25, 0.3) is 0 Å². The molecule has 0 radical (unpaired) electrons. The first-order valence-corrected chi connectivity index (χ1v) is 9.73. The van der Waals surface area contributed by atoms with Gasteiger partial charge in [0.05, 0.1) is 11.4 Å². The molecule has 0 saturated carbocycles. The Morgan fingerprint density at radius 1 is 1.32 bits per heavy atom. The third-order valence-electron chi connectivity index (χ3n) is 3.97. The maximum atomic E-state index is 12.4. The SMILES string of the molecule is CC(C)(CCC(=O)O)NC(=O)Nc1cc(Cl)ccc1N1CCSCC1. The summed E-state index contributed by atoms with van der Waals surface area (Å²) in [7, 11) is 0. The summed E-state index contributed by atoms with van der Waals surface area (Å²) in [6, 6.07) is 5.11. The predicted octanol–water partition coefficient (Wildman–Crippen LogP) is 3.66. The number of thioether (sulfide) groups is 1. The van der Waals surface area contributed by atoms with Crippen LogP contribution in [-0.2, 0) is 4.79 Å². The molecule has 0 aliphatic carbocycles. The lowest BCUT2D eigenvalue weighted by atomic mass is 9.99. The van der Waals surface area contributed by atoms with Gasteiger partial charge in [0, 0.05) is 41.6 Å². The molecule has 0 aromatic heterocycles. The smallest absolute Gasteiger partial charge is 0.319 e. The number of hydrogen-bond donors (Lipinski definition) is 3. The van der Waals surface area contributed by atoms with Crippen LogP contribution in [0.1, 0.15) is 26.7 Å². The molecule has 1 saturated heterocycles. The molecular formula is C17H24ClN3O3S. The number of rotatable bonds is 6. The van der Waals surface area contributed by atoms with E-state index in [2.05, 4.69) is 15.5 Å². The molecule has 1 aromatic carbocycles. The Balaban J connectivity index is 2.06. The highest BCUT2D eigenvalue weighted by atomic mass is 35.5. The molecule has 0 spiro atoms. The number of carbonyl (C=O) groups excluding carboxylic acids is 1. The monoisotopic (exact) mass is 385 g/mol. The number of benzene rings is 1. The lowest BCUT2D eigenvalue weighted by molar-refractivity contribution is -0.137. The molecule has 3 N–H and O–H groups in total. The lowest BCUT2D eigenvalue weighted by Crippen LogP contribution is -2.46. The van der Waals surface area contributed by atoms with Crippen LogP contribution in [-0.4, -0.2) is 47.2 Å². The quantitative estimate of drug-likeness (QED) is 0.696. The Morgan fingerprint density at radius 3 is 2.64 bits per heavy atom. The standard InChI is InChI=1S/C17H24ClN3O3S/c1-17(2,6-5-15(22)23)20-16(24)19-13-11-12(18)3-4-14(13)21-7-9-25-10-8-21/h3-4,11H,5-10H2,1-2H3,(H,22,23)(H2,19,20,24). The van der Waals surface area contributed by atoms with Gasteiger partial charge in [0.15, 0.2) is 0 Å². The molecule has 1 aromatic rings. The molecule has 8 heteroatoms. The van der Waals surface area contributed by atoms with Crippen LogP contribution in [0.15, 0.2) is 18.2 Å². The summed E-state index contributed by atoms with van der Waals surface area (Å²) in [6.07, 6.45) is 0.350. The van der Waals surface area contributed by atoms with Gasteiger partial charge in [-0.2, -0.15) is 11.8 Å². The second-order valence-electron chi connectivity index (χ2n) is 6.62. The summed E-state index contributed by atoms with van der Waals surface area (Å²) in [5.41, 5.74) is 0.984. The highest BCUT2D eigenvalue weighted by molar-refractivity contribution is 7.99. The highest BCUT2D eigenvalue weighted by Crippen LogP contribution is 2.31. The normalized spacial score (nSPS) is 14.9. The first-order chi connectivity index (χ1) is 11.8. The van der Waals surface area contributed by atoms with Crippen molar-refractivity contribution < 1.29 is 14.7 Å². The average molecular weight is 386 g/mol. The maximum absolute atomic E-state index is 12.4. The summed E-state index contributed by atoms with van der Waals surface area (Å²) in [4.78, 5) is 25.3. The minimum Gasteiger partial charge on any atom is -0.481 e. The van der Waals surface area contributed by atoms with Gasteiger partial charge in [0.25, 0.3) is 0 Å². The highest BCUT2D eigenvalue weighted by Gasteiger charge is 2.23. The van der Waals surface area contributed by atoms with Gasteiger partial charge >= 0.3 is 12.0 Å². The Labute approximate surface area is 157 Å². The van der Waals surface area contributed by atoms with E-state index in [1.54, 1.807) is 19.9 Å². The van der Waals surface area contributed by atoms with Crippen LogP contribution < -0.4 is 15.5 Å². The van der Waals surface area contributed by atoms with Crippen molar-refractivity contribution in [2.45, 2.75) is 32.2 Å². The van der Waals surface area contributed by atoms with Crippen molar-refractivity contribution in [2.75, 3.05) is 34.8 Å². The molecule has 0 unspecified atom stereocenters. The molecule has 2 rings (SSSR count). The number of halogens is 1. The topological polar surface area (TPSA) is 81.7 Å². The number of amides is 2. The molecule has 1 aliphatic rings. The van der Waals surface area contributed by atoms with Crippen molar-refractivity contribution in [3.63, 3.8) is 0 Å². The molecule has 1 aliphatic heterocycles. The maximum Gasteiger partial charge on any atom is 0.319 e. The van der Waals surface area contributed by atoms with Crippen molar-refractivity contribution >= 4 is 46.7 Å². The van der Waals surface area contributed by atoms with Gasteiger partial charge in [-0.15, -0.1) is 0 Å². The summed E-state index contributed by atoms with van der Waals surface area (Å²) < 4.78 is 0. The van der Waals surface area contributed by atoms with Crippen LogP contribution >= 0.6 is 23.4 Å². The van der Waals surface area contributed by atoms with E-state index in [4.69, 9.17) is 16.7 Å². The van der Waals surface area contributed by atoms with Crippen LogP contribution in [0.4, 0.5) is 16.2 Å². The van der Waals surface area contributed by atoms with Crippen molar-refractivity contribution in [1.29, 1.82) is 0 Å². The molecule has 138 valence electrons. The minimum atomic E-state index is -0.879. The molecule has 6 nitrogen and oxygen atoms in total. The van der Waals surface area contributed by atoms with Crippen LogP contribution in [0.2, 0.25) is 5.02 Å². The van der Waals surface area contributed by atoms with Crippen LogP contribution in [0, 0.1) is 0 Å². The lowest BCUT2D eigenvalue weighted by Gasteiger charge is -2.31. The van der Waals surface area contributed by atoms with E-state index in [0.717, 1.165) is 30.3 Å². The number of nitrogens with one attached hydrogen (secondary N) is 2. The van der Waals surface area contributed by atoms with Gasteiger partial charge in [-0.1, -0.05) is 11.6 Å². The Hall–Kier alpha value is -1.60. The number of anilines is 2. The number of aliphatic carboxylic acids is 1. The first kappa shape index (κ1) is 19.7. The van der Waals surface area contributed by atoms with E-state index in [0.29, 0.717) is 17.1 Å². The summed E-state index contributed by atoms with van der Waals surface area (Å²) in [5, 5.41) is 15.1. The largest absolute Gasteiger partial charge is 0.481 e. The van der Waals surface area contributed by atoms with Gasteiger partial charge in [0.2, 0.25) is 0 Å². The minimum absolute atomic E-state index is 0.00113. The fourth-order valence-electron chi connectivity index (χ4n) is 2.63. The number of carboxylic acids is 1. The summed E-state index contributed by atoms with van der Waals surface area (Å²) in [5.74, 6) is 1.22. The molecule has 2 amide bonds. The molecule has 0 atom stereocenters. The fraction of sp³-hybridized carbons (Fsp3) is 0.529. The second-order valence-corrected chi connectivity index (χ2v) is 8.28. The zero-order valence-corrected chi connectivity index (χ0v) is 16.0. The van der Waals surface area contributed by atoms with Crippen LogP contribution in [0.3, 0.4) is 0 Å². The first-order valence-electron chi connectivity index (χ1n) is 8.20. The van der Waals surface area contributed by atoms with E-state index in [1.807, 2.05) is 23.9 Å². The van der Waals surface area contributed by atoms with Gasteiger partial charge in [0.1, 0.15) is 0 Å². The fourth-order valence-corrected chi connectivity index (χ4v) is 3.71. The molecule has 0 bridgehead atoms. The van der Waals surface area contributed by atoms with E-state index in [1.165, 1.54) is 0 Å². The van der Waals surface area contributed by atoms with E-state index >= 15 is 0 Å². The number of carbonyl (C=O) groups is 2. The van der Waals surface area contributed by atoms with Crippen molar-refractivity contribution in [2.24, 2.45) is 0 Å². The number of carboxylic acid groups (broad SMARTS) is 1. The van der Waals surface area contributed by atoms with E-state index in [9.17, 15) is 9.59 Å². The predicted molar refractivity (Wildman–Crippen MR) is 104 cm³/mol. The van der Waals surface area contributed by atoms with Gasteiger partial charge < -0.3 is 20.6 Å². The van der Waals surface area contributed by atoms with Crippen LogP contribution in [0.5, 0.6) is 0 Å². The summed E-state index contributed by atoms with van der Waals surface area (Å²) in [6.45, 7) is 5.45. The van der Waals surface area contributed by atoms with Crippen molar-refractivity contribution in [1.82, 2.24) is 5.32 Å². The second kappa shape index (κ2) is 8.67. The zero-order chi connectivity index (χ0) is 18.4. The molecule has 25 heavy (non-hydrogen) atoms. The van der Waals surface area contributed by atoms with Crippen molar-refractivity contribution in [3.8, 4) is 0 Å². The molecule has 1 fully saturated rings. The average Bonchev–Trinajstić information content (AvgIpc) is 2.53. The number of hydrogen-bond acceptors (Lipinski definition) is 4. The summed E-state index contributed by atoms with van der Waals surface area (Å²) >= 11 is 8.01. The molecular weight excluding hydrogens is 362 g/mol. The van der Waals surface area contributed by atoms with E-state index < -0.39 is 11.5 Å². The third kappa shape index (κ3) is 6.32. The Bertz CT molecular complexity index is 634. The van der Waals surface area contributed by atoms with Crippen molar-refractivity contribution in [3.05, 3.63) is 23.2 Å². The van der Waals surface area contributed by atoms with Gasteiger partial charge in [-0.3, -0.25) is 4.79 Å². The number of nitrogens with zero attached hydrogens (tertiary/aromatic N) is 1. The Morgan fingerprint density at radius 2 is 2.00 bits per heavy atom.